The Kier molecular flexibility index (Phi) is 5.56. The molecule has 2 rings (SSSR count). The zero-order valence-corrected chi connectivity index (χ0v) is 12.6. The summed E-state index contributed by atoms with van der Waals surface area (Å²) >= 11 is 0. The predicted octanol–water partition coefficient (Wildman–Crippen LogP) is 4.43. The number of anilines is 1. The number of ketones is 1. The van der Waals surface area contributed by atoms with Gasteiger partial charge in [-0.15, -0.1) is 0 Å². The molecular formula is C19H23NO. The molecule has 0 radical (unpaired) electrons. The topological polar surface area (TPSA) is 43.1 Å². The van der Waals surface area contributed by atoms with Crippen molar-refractivity contribution >= 4 is 11.5 Å². The van der Waals surface area contributed by atoms with Crippen LogP contribution in [0.3, 0.4) is 0 Å². The molecule has 0 aliphatic heterocycles. The van der Waals surface area contributed by atoms with E-state index in [-0.39, 0.29) is 5.78 Å². The number of hydrogen-bond acceptors (Lipinski definition) is 2. The Labute approximate surface area is 127 Å². The van der Waals surface area contributed by atoms with Crippen molar-refractivity contribution in [2.75, 3.05) is 5.73 Å². The van der Waals surface area contributed by atoms with E-state index < -0.39 is 0 Å². The van der Waals surface area contributed by atoms with Crippen LogP contribution in [0, 0.1) is 0 Å². The van der Waals surface area contributed by atoms with Crippen LogP contribution in [0.15, 0.2) is 48.5 Å². The lowest BCUT2D eigenvalue weighted by atomic mass is 9.99. The van der Waals surface area contributed by atoms with Crippen LogP contribution in [-0.4, -0.2) is 5.78 Å². The molecule has 0 bridgehead atoms. The number of rotatable bonds is 7. The Morgan fingerprint density at radius 1 is 1.00 bits per heavy atom. The van der Waals surface area contributed by atoms with E-state index in [0.717, 1.165) is 25.7 Å². The molecule has 0 aromatic heterocycles. The quantitative estimate of drug-likeness (QED) is 0.602. The van der Waals surface area contributed by atoms with Gasteiger partial charge < -0.3 is 5.73 Å². The monoisotopic (exact) mass is 281 g/mol. The Bertz CT molecular complexity index is 590. The number of benzene rings is 2. The second-order valence-electron chi connectivity index (χ2n) is 5.43. The first-order chi connectivity index (χ1) is 10.2. The van der Waals surface area contributed by atoms with Gasteiger partial charge in [0, 0.05) is 17.7 Å². The second kappa shape index (κ2) is 7.63. The molecule has 2 heteroatoms. The van der Waals surface area contributed by atoms with Crippen molar-refractivity contribution in [1.82, 2.24) is 0 Å². The molecule has 0 amide bonds. The first kappa shape index (κ1) is 15.3. The minimum Gasteiger partial charge on any atom is -0.398 e. The maximum atomic E-state index is 12.0. The minimum atomic E-state index is 0.156. The molecule has 0 heterocycles. The van der Waals surface area contributed by atoms with Crippen LogP contribution in [0.2, 0.25) is 0 Å². The van der Waals surface area contributed by atoms with Crippen molar-refractivity contribution in [1.29, 1.82) is 0 Å². The maximum Gasteiger partial charge on any atom is 0.164 e. The highest BCUT2D eigenvalue weighted by atomic mass is 16.1. The van der Waals surface area contributed by atoms with E-state index in [1.54, 1.807) is 0 Å². The summed E-state index contributed by atoms with van der Waals surface area (Å²) in [7, 11) is 0. The van der Waals surface area contributed by atoms with Gasteiger partial charge in [-0.1, -0.05) is 49.7 Å². The molecule has 0 aliphatic carbocycles. The molecule has 0 saturated carbocycles. The Morgan fingerprint density at radius 3 is 2.38 bits per heavy atom. The third-order valence-corrected chi connectivity index (χ3v) is 3.72. The third-order valence-electron chi connectivity index (χ3n) is 3.72. The molecule has 0 unspecified atom stereocenters. The van der Waals surface area contributed by atoms with Crippen LogP contribution < -0.4 is 5.73 Å². The van der Waals surface area contributed by atoms with Crippen molar-refractivity contribution in [2.45, 2.75) is 39.0 Å². The van der Waals surface area contributed by atoms with Crippen molar-refractivity contribution in [3.05, 3.63) is 65.2 Å². The van der Waals surface area contributed by atoms with Gasteiger partial charge in [0.15, 0.2) is 5.78 Å². The van der Waals surface area contributed by atoms with Gasteiger partial charge in [0.1, 0.15) is 0 Å². The summed E-state index contributed by atoms with van der Waals surface area (Å²) in [6.07, 6.45) is 4.47. The van der Waals surface area contributed by atoms with Crippen molar-refractivity contribution < 1.29 is 4.79 Å². The summed E-state index contributed by atoms with van der Waals surface area (Å²) in [5.41, 5.74) is 9.83. The predicted molar refractivity (Wildman–Crippen MR) is 88.6 cm³/mol. The van der Waals surface area contributed by atoms with Gasteiger partial charge in [-0.05, 0) is 42.5 Å². The fourth-order valence-electron chi connectivity index (χ4n) is 2.43. The van der Waals surface area contributed by atoms with Gasteiger partial charge in [0.25, 0.3) is 0 Å². The van der Waals surface area contributed by atoms with Crippen LogP contribution in [0.1, 0.15) is 47.7 Å². The molecule has 2 aromatic carbocycles. The summed E-state index contributed by atoms with van der Waals surface area (Å²) in [5.74, 6) is 0.156. The van der Waals surface area contributed by atoms with Gasteiger partial charge in [-0.25, -0.2) is 0 Å². The largest absolute Gasteiger partial charge is 0.398 e. The third kappa shape index (κ3) is 4.45. The van der Waals surface area contributed by atoms with E-state index in [4.69, 9.17) is 5.73 Å². The molecule has 2 nitrogen and oxygen atoms in total. The van der Waals surface area contributed by atoms with Crippen LogP contribution in [-0.2, 0) is 12.8 Å². The highest BCUT2D eigenvalue weighted by Gasteiger charge is 2.09. The molecule has 0 fully saturated rings. The zero-order valence-electron chi connectivity index (χ0n) is 12.6. The van der Waals surface area contributed by atoms with Crippen LogP contribution >= 0.6 is 0 Å². The summed E-state index contributed by atoms with van der Waals surface area (Å²) < 4.78 is 0. The molecule has 2 aromatic rings. The molecular weight excluding hydrogens is 258 g/mol. The minimum absolute atomic E-state index is 0.156. The van der Waals surface area contributed by atoms with Crippen LogP contribution in [0.25, 0.3) is 0 Å². The average molecular weight is 281 g/mol. The molecule has 21 heavy (non-hydrogen) atoms. The smallest absolute Gasteiger partial charge is 0.164 e. The Morgan fingerprint density at radius 2 is 1.71 bits per heavy atom. The van der Waals surface area contributed by atoms with Crippen molar-refractivity contribution in [2.24, 2.45) is 0 Å². The van der Waals surface area contributed by atoms with Crippen molar-refractivity contribution in [3.8, 4) is 0 Å². The molecule has 110 valence electrons. The first-order valence-electron chi connectivity index (χ1n) is 7.66. The van der Waals surface area contributed by atoms with E-state index in [9.17, 15) is 4.79 Å². The van der Waals surface area contributed by atoms with E-state index in [2.05, 4.69) is 31.2 Å². The van der Waals surface area contributed by atoms with Gasteiger partial charge in [0.2, 0.25) is 0 Å². The van der Waals surface area contributed by atoms with Crippen LogP contribution in [0.4, 0.5) is 5.69 Å². The number of nitrogen functional groups attached to an aromatic ring is 1. The summed E-state index contributed by atoms with van der Waals surface area (Å²) in [6, 6.07) is 16.3. The highest BCUT2D eigenvalue weighted by molar-refractivity contribution is 6.00. The van der Waals surface area contributed by atoms with E-state index in [0.29, 0.717) is 17.7 Å². The highest BCUT2D eigenvalue weighted by Crippen LogP contribution is 2.18. The number of nitrogens with two attached hydrogens (primary N) is 1. The zero-order chi connectivity index (χ0) is 15.1. The summed E-state index contributed by atoms with van der Waals surface area (Å²) in [4.78, 5) is 12.0. The van der Waals surface area contributed by atoms with Gasteiger partial charge in [0.05, 0.1) is 0 Å². The molecule has 0 spiro atoms. The first-order valence-corrected chi connectivity index (χ1v) is 7.66. The van der Waals surface area contributed by atoms with Gasteiger partial charge in [-0.2, -0.15) is 0 Å². The number of aryl methyl sites for hydroxylation is 2. The van der Waals surface area contributed by atoms with E-state index >= 15 is 0 Å². The fraction of sp³-hybridized carbons (Fsp3) is 0.316. The lowest BCUT2D eigenvalue weighted by Gasteiger charge is -2.08. The lowest BCUT2D eigenvalue weighted by Crippen LogP contribution is -2.04. The summed E-state index contributed by atoms with van der Waals surface area (Å²) in [6.45, 7) is 2.09. The fourth-order valence-corrected chi connectivity index (χ4v) is 2.43. The van der Waals surface area contributed by atoms with E-state index in [1.165, 1.54) is 11.1 Å². The Balaban J connectivity index is 2.00. The molecule has 0 saturated heterocycles. The second-order valence-corrected chi connectivity index (χ2v) is 5.43. The molecule has 2 N–H and O–H groups in total. The molecule has 0 atom stereocenters. The SMILES string of the molecule is CCCCC(=O)c1ccc(CCc2ccccc2)cc1N. The summed E-state index contributed by atoms with van der Waals surface area (Å²) in [5, 5.41) is 0. The number of Topliss-reactive ketones (excluding diaryl/α,β-unsaturated/α-hetero) is 1. The van der Waals surface area contributed by atoms with Gasteiger partial charge in [-0.3, -0.25) is 4.79 Å². The number of carbonyl (C=O) groups excluding carboxylic acids is 1. The number of hydrogen-bond donors (Lipinski definition) is 1. The lowest BCUT2D eigenvalue weighted by molar-refractivity contribution is 0.0980. The number of carbonyl (C=O) groups is 1. The van der Waals surface area contributed by atoms with Gasteiger partial charge >= 0.3 is 0 Å². The van der Waals surface area contributed by atoms with Crippen molar-refractivity contribution in [3.63, 3.8) is 0 Å². The Hall–Kier alpha value is -2.09. The van der Waals surface area contributed by atoms with Crippen LogP contribution in [0.5, 0.6) is 0 Å². The average Bonchev–Trinajstić information content (AvgIpc) is 2.51. The number of unbranched alkanes of at least 4 members (excludes halogenated alkanes) is 1. The molecule has 0 aliphatic rings. The standard InChI is InChI=1S/C19H23NO/c1-2-3-9-19(21)17-13-12-16(14-18(17)20)11-10-15-7-5-4-6-8-15/h4-8,12-14H,2-3,9-11,20H2,1H3. The normalized spacial score (nSPS) is 10.5. The maximum absolute atomic E-state index is 12.0. The van der Waals surface area contributed by atoms with E-state index in [1.807, 2.05) is 24.3 Å².